The van der Waals surface area contributed by atoms with E-state index in [2.05, 4.69) is 5.32 Å². The average molecular weight is 534 g/mol. The van der Waals surface area contributed by atoms with E-state index in [0.717, 1.165) is 22.7 Å². The average Bonchev–Trinajstić information content (AvgIpc) is 3.31. The Kier molecular flexibility index (Phi) is 8.41. The van der Waals surface area contributed by atoms with Crippen LogP contribution in [0, 0.1) is 0 Å². The fraction of sp³-hybridized carbons (Fsp3) is 0.381. The summed E-state index contributed by atoms with van der Waals surface area (Å²) in [7, 11) is -6.17. The van der Waals surface area contributed by atoms with Crippen LogP contribution in [-0.2, 0) is 31.3 Å². The number of nitrogens with zero attached hydrogens (tertiary/aromatic N) is 2. The molecule has 180 valence electrons. The number of amides is 1. The van der Waals surface area contributed by atoms with E-state index < -0.39 is 32.5 Å². The van der Waals surface area contributed by atoms with Crippen LogP contribution in [0.15, 0.2) is 52.3 Å². The molecule has 2 aromatic rings. The summed E-state index contributed by atoms with van der Waals surface area (Å²) in [6.07, 6.45) is 2.21. The van der Waals surface area contributed by atoms with Crippen molar-refractivity contribution in [1.29, 1.82) is 0 Å². The van der Waals surface area contributed by atoms with Gasteiger partial charge in [-0.15, -0.1) is 0 Å². The first-order valence-electron chi connectivity index (χ1n) is 10.3. The number of benzene rings is 2. The van der Waals surface area contributed by atoms with E-state index in [0.29, 0.717) is 19.5 Å². The molecule has 0 aromatic heterocycles. The normalized spacial score (nSPS) is 15.2. The van der Waals surface area contributed by atoms with Gasteiger partial charge < -0.3 is 5.32 Å². The van der Waals surface area contributed by atoms with E-state index in [9.17, 15) is 21.6 Å². The summed E-state index contributed by atoms with van der Waals surface area (Å²) in [5, 5.41) is 2.90. The predicted molar refractivity (Wildman–Crippen MR) is 127 cm³/mol. The fourth-order valence-corrected chi connectivity index (χ4v) is 6.82. The Hall–Kier alpha value is -1.69. The third-order valence-corrected chi connectivity index (χ3v) is 9.74. The molecule has 3 rings (SSSR count). The molecule has 2 aromatic carbocycles. The van der Waals surface area contributed by atoms with Crippen molar-refractivity contribution >= 4 is 49.2 Å². The highest BCUT2D eigenvalue weighted by Crippen LogP contribution is 2.27. The smallest absolute Gasteiger partial charge is 0.244 e. The van der Waals surface area contributed by atoms with Crippen molar-refractivity contribution < 1.29 is 21.6 Å². The molecule has 12 heteroatoms. The molecule has 33 heavy (non-hydrogen) atoms. The van der Waals surface area contributed by atoms with Gasteiger partial charge >= 0.3 is 0 Å². The number of carbonyl (C=O) groups excluding carboxylic acids is 1. The van der Waals surface area contributed by atoms with Crippen molar-refractivity contribution in [2.24, 2.45) is 0 Å². The summed E-state index contributed by atoms with van der Waals surface area (Å²) in [6, 6.07) is 10.7. The summed E-state index contributed by atoms with van der Waals surface area (Å²) < 4.78 is 52.9. The monoisotopic (exact) mass is 533 g/mol. The van der Waals surface area contributed by atoms with Crippen molar-refractivity contribution in [3.8, 4) is 0 Å². The Morgan fingerprint density at radius 1 is 1.03 bits per heavy atom. The highest BCUT2D eigenvalue weighted by Gasteiger charge is 2.27. The van der Waals surface area contributed by atoms with E-state index in [1.807, 2.05) is 0 Å². The van der Waals surface area contributed by atoms with Gasteiger partial charge in [0.25, 0.3) is 0 Å². The maximum absolute atomic E-state index is 12.7. The maximum Gasteiger partial charge on any atom is 0.244 e. The number of carbonyl (C=O) groups is 1. The molecule has 0 saturated carbocycles. The van der Waals surface area contributed by atoms with Crippen molar-refractivity contribution in [2.45, 2.75) is 29.1 Å². The lowest BCUT2D eigenvalue weighted by molar-refractivity contribution is -0.121. The van der Waals surface area contributed by atoms with Crippen LogP contribution in [0.5, 0.6) is 0 Å². The Balaban J connectivity index is 1.52. The molecule has 1 fully saturated rings. The van der Waals surface area contributed by atoms with Crippen molar-refractivity contribution in [1.82, 2.24) is 13.9 Å². The standard InChI is InChI=1S/C21H25Cl2N3O5S2/c1-25(33(30,31)20-14-17(22)6-9-19(20)23)15-21(27)24-11-10-16-4-7-18(8-5-16)32(28,29)26-12-2-3-13-26/h4-9,14H,2-3,10-13,15H2,1H3,(H,24,27). The minimum atomic E-state index is -4.00. The van der Waals surface area contributed by atoms with Crippen molar-refractivity contribution in [3.05, 3.63) is 58.1 Å². The quantitative estimate of drug-likeness (QED) is 0.533. The zero-order valence-electron chi connectivity index (χ0n) is 18.0. The molecule has 1 aliphatic heterocycles. The second kappa shape index (κ2) is 10.7. The van der Waals surface area contributed by atoms with E-state index >= 15 is 0 Å². The molecule has 1 amide bonds. The topological polar surface area (TPSA) is 104 Å². The van der Waals surface area contributed by atoms with Crippen molar-refractivity contribution in [2.75, 3.05) is 33.2 Å². The molecule has 1 saturated heterocycles. The number of hydrogen-bond acceptors (Lipinski definition) is 5. The molecule has 0 aliphatic carbocycles. The van der Waals surface area contributed by atoms with Gasteiger partial charge in [0, 0.05) is 31.7 Å². The number of rotatable bonds is 9. The lowest BCUT2D eigenvalue weighted by Crippen LogP contribution is -2.39. The Morgan fingerprint density at radius 3 is 2.30 bits per heavy atom. The first-order valence-corrected chi connectivity index (χ1v) is 13.9. The van der Waals surface area contributed by atoms with Gasteiger partial charge in [0.15, 0.2) is 0 Å². The molecule has 1 N–H and O–H groups in total. The molecule has 0 atom stereocenters. The molecular weight excluding hydrogens is 509 g/mol. The highest BCUT2D eigenvalue weighted by atomic mass is 35.5. The lowest BCUT2D eigenvalue weighted by atomic mass is 10.1. The van der Waals surface area contributed by atoms with Gasteiger partial charge in [-0.2, -0.15) is 8.61 Å². The van der Waals surface area contributed by atoms with Crippen LogP contribution in [0.1, 0.15) is 18.4 Å². The zero-order valence-corrected chi connectivity index (χ0v) is 21.1. The first kappa shape index (κ1) is 25.9. The second-order valence-corrected chi connectivity index (χ2v) is 12.5. The number of halogens is 2. The van der Waals surface area contributed by atoms with Crippen molar-refractivity contribution in [3.63, 3.8) is 0 Å². The minimum absolute atomic E-state index is 0.0156. The maximum atomic E-state index is 12.7. The Labute approximate surface area is 204 Å². The fourth-order valence-electron chi connectivity index (χ4n) is 3.44. The number of hydrogen-bond donors (Lipinski definition) is 1. The molecule has 0 spiro atoms. The van der Waals surface area contributed by atoms with Gasteiger partial charge in [-0.25, -0.2) is 16.8 Å². The molecule has 0 unspecified atom stereocenters. The summed E-state index contributed by atoms with van der Waals surface area (Å²) in [5.74, 6) is -0.479. The second-order valence-electron chi connectivity index (χ2n) is 7.69. The van der Waals surface area contributed by atoms with Gasteiger partial charge in [0.05, 0.1) is 16.5 Å². The van der Waals surface area contributed by atoms with Gasteiger partial charge in [-0.05, 0) is 55.2 Å². The highest BCUT2D eigenvalue weighted by molar-refractivity contribution is 7.89. The molecule has 0 radical (unpaired) electrons. The van der Waals surface area contributed by atoms with Gasteiger partial charge in [0.1, 0.15) is 4.90 Å². The summed E-state index contributed by atoms with van der Waals surface area (Å²) in [5.41, 5.74) is 0.849. The summed E-state index contributed by atoms with van der Waals surface area (Å²) in [4.78, 5) is 12.3. The van der Waals surface area contributed by atoms with Crippen LogP contribution < -0.4 is 5.32 Å². The van der Waals surface area contributed by atoms with Crippen LogP contribution in [0.2, 0.25) is 10.0 Å². The van der Waals surface area contributed by atoms with Crippen LogP contribution >= 0.6 is 23.2 Å². The summed E-state index contributed by atoms with van der Waals surface area (Å²) in [6.45, 7) is 0.967. The van der Waals surface area contributed by atoms with Crippen LogP contribution in [-0.4, -0.2) is 64.6 Å². The molecule has 1 heterocycles. The van der Waals surface area contributed by atoms with Gasteiger partial charge in [0.2, 0.25) is 26.0 Å². The molecule has 8 nitrogen and oxygen atoms in total. The van der Waals surface area contributed by atoms with E-state index in [1.54, 1.807) is 24.3 Å². The molecule has 1 aliphatic rings. The van der Waals surface area contributed by atoms with E-state index in [1.165, 1.54) is 29.6 Å². The van der Waals surface area contributed by atoms with E-state index in [4.69, 9.17) is 23.2 Å². The minimum Gasteiger partial charge on any atom is -0.355 e. The Morgan fingerprint density at radius 2 is 1.67 bits per heavy atom. The van der Waals surface area contributed by atoms with E-state index in [-0.39, 0.29) is 26.4 Å². The SMILES string of the molecule is CN(CC(=O)NCCc1ccc(S(=O)(=O)N2CCCC2)cc1)S(=O)(=O)c1cc(Cl)ccc1Cl. The van der Waals surface area contributed by atoms with Crippen LogP contribution in [0.4, 0.5) is 0 Å². The Bertz CT molecular complexity index is 1210. The predicted octanol–water partition coefficient (Wildman–Crippen LogP) is 2.76. The number of likely N-dealkylation sites (N-methyl/N-ethyl adjacent to an activating group) is 1. The zero-order chi connectivity index (χ0) is 24.2. The summed E-state index contributed by atoms with van der Waals surface area (Å²) >= 11 is 11.9. The first-order chi connectivity index (χ1) is 15.5. The molecular formula is C21H25Cl2N3O5S2. The lowest BCUT2D eigenvalue weighted by Gasteiger charge is -2.18. The largest absolute Gasteiger partial charge is 0.355 e. The van der Waals surface area contributed by atoms with Crippen LogP contribution in [0.25, 0.3) is 0 Å². The third kappa shape index (κ3) is 6.26. The van der Waals surface area contributed by atoms with Crippen LogP contribution in [0.3, 0.4) is 0 Å². The number of sulfonamides is 2. The number of nitrogens with one attached hydrogen (secondary N) is 1. The van der Waals surface area contributed by atoms with Gasteiger partial charge in [-0.1, -0.05) is 35.3 Å². The third-order valence-electron chi connectivity index (χ3n) is 5.31. The van der Waals surface area contributed by atoms with Gasteiger partial charge in [-0.3, -0.25) is 4.79 Å². The molecule has 0 bridgehead atoms.